The highest BCUT2D eigenvalue weighted by molar-refractivity contribution is 7.99. The van der Waals surface area contributed by atoms with Crippen LogP contribution in [0.25, 0.3) is 5.57 Å². The van der Waals surface area contributed by atoms with Gasteiger partial charge in [0.2, 0.25) is 0 Å². The minimum absolute atomic E-state index is 0.360. The molecule has 43 heavy (non-hydrogen) atoms. The van der Waals surface area contributed by atoms with Crippen molar-refractivity contribution in [1.29, 1.82) is 0 Å². The van der Waals surface area contributed by atoms with E-state index >= 15 is 0 Å². The highest BCUT2D eigenvalue weighted by Crippen LogP contribution is 2.94. The largest absolute Gasteiger partial charge is 0.312 e. The number of hydrogen-bond acceptors (Lipinski definition) is 3. The summed E-state index contributed by atoms with van der Waals surface area (Å²) in [7, 11) is 0. The second-order valence-electron chi connectivity index (χ2n) is 16.5. The van der Waals surface area contributed by atoms with Crippen molar-refractivity contribution in [3.05, 3.63) is 42.0 Å². The average Bonchev–Trinajstić information content (AvgIpc) is 3.38. The van der Waals surface area contributed by atoms with Crippen molar-refractivity contribution in [2.24, 2.45) is 39.4 Å². The lowest BCUT2D eigenvalue weighted by Crippen LogP contribution is -2.52. The summed E-state index contributed by atoms with van der Waals surface area (Å²) < 4.78 is 0. The fourth-order valence-electron chi connectivity index (χ4n) is 12.9. The van der Waals surface area contributed by atoms with Crippen molar-refractivity contribution in [1.82, 2.24) is 10.2 Å². The second kappa shape index (κ2) is 12.4. The van der Waals surface area contributed by atoms with Gasteiger partial charge in [0.1, 0.15) is 0 Å². The lowest BCUT2D eigenvalue weighted by atomic mass is 9.52. The summed E-state index contributed by atoms with van der Waals surface area (Å²) in [5.41, 5.74) is 6.08. The summed E-state index contributed by atoms with van der Waals surface area (Å²) >= 11 is 2.13. The zero-order chi connectivity index (χ0) is 30.5. The molecular formula is C40H64N2S. The quantitative estimate of drug-likeness (QED) is 0.256. The number of hydrogen-bond donors (Lipinski definition) is 1. The lowest BCUT2D eigenvalue weighted by molar-refractivity contribution is -0.0276. The molecule has 5 aliphatic rings. The third kappa shape index (κ3) is 5.04. The zero-order valence-electron chi connectivity index (χ0n) is 28.8. The van der Waals surface area contributed by atoms with Crippen LogP contribution in [0.4, 0.5) is 0 Å². The normalized spacial score (nSPS) is 39.0. The van der Waals surface area contributed by atoms with Crippen LogP contribution in [0, 0.1) is 39.4 Å². The van der Waals surface area contributed by atoms with E-state index in [-0.39, 0.29) is 0 Å². The Balaban J connectivity index is 1.25. The molecule has 1 aromatic carbocycles. The molecule has 2 spiro atoms. The molecular weight excluding hydrogens is 541 g/mol. The summed E-state index contributed by atoms with van der Waals surface area (Å²) in [5, 5.41) is 4.27. The Morgan fingerprint density at radius 3 is 2.40 bits per heavy atom. The van der Waals surface area contributed by atoms with Gasteiger partial charge in [-0.15, -0.1) is 0 Å². The Bertz CT molecular complexity index is 1120. The summed E-state index contributed by atoms with van der Waals surface area (Å²) in [6.45, 7) is 24.4. The minimum atomic E-state index is 0.360. The van der Waals surface area contributed by atoms with Gasteiger partial charge >= 0.3 is 0 Å². The molecule has 1 N–H and O–H groups in total. The molecule has 6 rings (SSSR count). The Hall–Kier alpha value is -0.770. The molecule has 8 atom stereocenters. The van der Waals surface area contributed by atoms with E-state index in [1.807, 2.05) is 0 Å². The first kappa shape index (κ1) is 32.2. The Kier molecular flexibility index (Phi) is 9.31. The maximum atomic E-state index is 4.27. The Morgan fingerprint density at radius 2 is 1.72 bits per heavy atom. The third-order valence-corrected chi connectivity index (χ3v) is 15.5. The van der Waals surface area contributed by atoms with E-state index in [1.165, 1.54) is 119 Å². The van der Waals surface area contributed by atoms with E-state index in [4.69, 9.17) is 0 Å². The van der Waals surface area contributed by atoms with Crippen LogP contribution >= 0.6 is 11.8 Å². The zero-order valence-corrected chi connectivity index (χ0v) is 29.6. The van der Waals surface area contributed by atoms with Crippen LogP contribution in [0.1, 0.15) is 129 Å². The first-order valence-corrected chi connectivity index (χ1v) is 19.6. The van der Waals surface area contributed by atoms with E-state index < -0.39 is 0 Å². The van der Waals surface area contributed by atoms with Crippen LogP contribution in [0.5, 0.6) is 0 Å². The first-order valence-electron chi connectivity index (χ1n) is 18.5. The first-order chi connectivity index (χ1) is 20.7. The number of benzene rings is 1. The van der Waals surface area contributed by atoms with E-state index in [0.29, 0.717) is 33.6 Å². The van der Waals surface area contributed by atoms with Crippen molar-refractivity contribution in [3.63, 3.8) is 0 Å². The number of allylic oxidation sites excluding steroid dienone is 1. The van der Waals surface area contributed by atoms with E-state index in [9.17, 15) is 0 Å². The van der Waals surface area contributed by atoms with Crippen LogP contribution < -0.4 is 5.32 Å². The summed E-state index contributed by atoms with van der Waals surface area (Å²) in [5.74, 6) is 6.01. The van der Waals surface area contributed by atoms with Gasteiger partial charge in [-0.1, -0.05) is 90.3 Å². The predicted molar refractivity (Wildman–Crippen MR) is 189 cm³/mol. The van der Waals surface area contributed by atoms with Gasteiger partial charge in [0.05, 0.1) is 0 Å². The van der Waals surface area contributed by atoms with Crippen LogP contribution in [-0.4, -0.2) is 48.6 Å². The Labute approximate surface area is 270 Å². The number of unbranched alkanes of at least 4 members (excludes halogenated alkanes) is 1. The lowest BCUT2D eigenvalue weighted by Gasteiger charge is -2.53. The summed E-state index contributed by atoms with van der Waals surface area (Å²) in [6.07, 6.45) is 15.6. The molecule has 0 amide bonds. The van der Waals surface area contributed by atoms with Gasteiger partial charge in [0.25, 0.3) is 0 Å². The maximum absolute atomic E-state index is 4.27. The highest BCUT2D eigenvalue weighted by Gasteiger charge is 2.88. The smallest absolute Gasteiger partial charge is 0.0108 e. The van der Waals surface area contributed by atoms with Gasteiger partial charge in [-0.2, -0.15) is 11.8 Å². The molecule has 1 aliphatic heterocycles. The molecule has 5 fully saturated rings. The minimum Gasteiger partial charge on any atom is -0.312 e. The SMILES string of the molecule is C=C(C)c1ccc(C2CCC34C(CCC35C4CCC(C(CCCC)NCCN3CCSCC3)[C@@]5(C)CCC)C2(C)C)cc1. The third-order valence-electron chi connectivity index (χ3n) is 14.5. The molecule has 0 aromatic heterocycles. The molecule has 4 aliphatic carbocycles. The molecule has 3 heteroatoms. The maximum Gasteiger partial charge on any atom is 0.0108 e. The van der Waals surface area contributed by atoms with Crippen molar-refractivity contribution in [2.45, 2.75) is 124 Å². The average molecular weight is 605 g/mol. The van der Waals surface area contributed by atoms with Crippen molar-refractivity contribution < 1.29 is 0 Å². The topological polar surface area (TPSA) is 15.3 Å². The van der Waals surface area contributed by atoms with E-state index in [0.717, 1.165) is 17.8 Å². The fraction of sp³-hybridized carbons (Fsp3) is 0.800. The molecule has 0 radical (unpaired) electrons. The van der Waals surface area contributed by atoms with Crippen molar-refractivity contribution >= 4 is 17.3 Å². The van der Waals surface area contributed by atoms with Gasteiger partial charge in [-0.05, 0) is 115 Å². The molecule has 2 nitrogen and oxygen atoms in total. The predicted octanol–water partition coefficient (Wildman–Crippen LogP) is 10.0. The Morgan fingerprint density at radius 1 is 0.977 bits per heavy atom. The van der Waals surface area contributed by atoms with Gasteiger partial charge in [-0.3, -0.25) is 0 Å². The number of rotatable bonds is 12. The van der Waals surface area contributed by atoms with Crippen molar-refractivity contribution in [2.75, 3.05) is 37.7 Å². The van der Waals surface area contributed by atoms with E-state index in [1.54, 1.807) is 5.56 Å². The molecule has 7 unspecified atom stereocenters. The van der Waals surface area contributed by atoms with Crippen LogP contribution in [0.15, 0.2) is 30.8 Å². The van der Waals surface area contributed by atoms with Gasteiger partial charge < -0.3 is 10.2 Å². The van der Waals surface area contributed by atoms with Crippen LogP contribution in [0.2, 0.25) is 0 Å². The fourth-order valence-corrected chi connectivity index (χ4v) is 13.9. The van der Waals surface area contributed by atoms with Crippen molar-refractivity contribution in [3.8, 4) is 0 Å². The molecule has 1 heterocycles. The molecule has 1 aromatic rings. The molecule has 1 saturated heterocycles. The van der Waals surface area contributed by atoms with Gasteiger partial charge in [0, 0.05) is 43.7 Å². The number of nitrogens with one attached hydrogen (secondary N) is 1. The number of thioether (sulfide) groups is 1. The molecule has 0 bridgehead atoms. The highest BCUT2D eigenvalue weighted by atomic mass is 32.2. The summed E-state index contributed by atoms with van der Waals surface area (Å²) in [4.78, 5) is 2.71. The molecule has 4 saturated carbocycles. The summed E-state index contributed by atoms with van der Waals surface area (Å²) in [6, 6.07) is 10.3. The van der Waals surface area contributed by atoms with Crippen LogP contribution in [-0.2, 0) is 0 Å². The van der Waals surface area contributed by atoms with Gasteiger partial charge in [-0.25, -0.2) is 0 Å². The monoisotopic (exact) mass is 604 g/mol. The van der Waals surface area contributed by atoms with E-state index in [2.05, 4.69) is 94.4 Å². The van der Waals surface area contributed by atoms with Crippen LogP contribution in [0.3, 0.4) is 0 Å². The standard InChI is InChI=1S/C40H64N2S/c1-8-10-11-34(41-23-24-42-25-27-43-28-26-42)33-16-17-36-39-21-18-32(31-14-12-30(13-15-31)29(3)4)37(5,6)35(39)19-22-40(36,39)38(33,7)20-9-2/h12-15,32-36,41H,3,8-11,16-28H2,1-2,4-7H3/t32?,33?,34?,35?,36?,38-,39?,40?/m1/s1. The second-order valence-corrected chi connectivity index (χ2v) is 17.7. The van der Waals surface area contributed by atoms with Gasteiger partial charge in [0.15, 0.2) is 0 Å². The number of nitrogens with zero attached hydrogens (tertiary/aromatic N) is 1. The molecule has 240 valence electrons.